The SMILES string of the molecule is C=CCOCC(O)CN1C(=NCc2cccnc2)NC2C1C(=O)NC(=O)N2C. The molecule has 0 spiro atoms. The molecule has 2 aliphatic rings. The molecule has 3 heterocycles. The number of rotatable bonds is 8. The predicted octanol–water partition coefficient (Wildman–Crippen LogP) is -0.717. The number of hydrogen-bond acceptors (Lipinski definition) is 6. The maximum Gasteiger partial charge on any atom is 0.325 e. The number of likely N-dealkylation sites (N-methyl/N-ethyl adjacent to an activating group) is 1. The Morgan fingerprint density at radius 2 is 2.32 bits per heavy atom. The van der Waals surface area contributed by atoms with Gasteiger partial charge < -0.3 is 25.0 Å². The number of aromatic nitrogens is 1. The van der Waals surface area contributed by atoms with Crippen LogP contribution in [0.15, 0.2) is 42.2 Å². The predicted molar refractivity (Wildman–Crippen MR) is 101 cm³/mol. The number of aliphatic hydroxyl groups is 1. The van der Waals surface area contributed by atoms with Crippen molar-refractivity contribution < 1.29 is 19.4 Å². The van der Waals surface area contributed by atoms with E-state index in [1.54, 1.807) is 30.4 Å². The third-order valence-corrected chi connectivity index (χ3v) is 4.51. The Balaban J connectivity index is 1.80. The number of amides is 3. The van der Waals surface area contributed by atoms with Gasteiger partial charge in [-0.15, -0.1) is 6.58 Å². The largest absolute Gasteiger partial charge is 0.389 e. The molecule has 150 valence electrons. The van der Waals surface area contributed by atoms with E-state index in [4.69, 9.17) is 4.74 Å². The summed E-state index contributed by atoms with van der Waals surface area (Å²) in [6.07, 6.45) is 3.55. The van der Waals surface area contributed by atoms with Crippen molar-refractivity contribution in [3.8, 4) is 0 Å². The summed E-state index contributed by atoms with van der Waals surface area (Å²) in [5.74, 6) is -0.00953. The van der Waals surface area contributed by atoms with Crippen LogP contribution >= 0.6 is 0 Å². The maximum absolute atomic E-state index is 12.5. The molecule has 0 radical (unpaired) electrons. The van der Waals surface area contributed by atoms with Crippen molar-refractivity contribution >= 4 is 17.9 Å². The lowest BCUT2D eigenvalue weighted by atomic mass is 10.1. The molecule has 3 unspecified atom stereocenters. The van der Waals surface area contributed by atoms with Crippen LogP contribution < -0.4 is 10.6 Å². The molecule has 3 atom stereocenters. The van der Waals surface area contributed by atoms with E-state index in [1.807, 2.05) is 12.1 Å². The molecule has 3 N–H and O–H groups in total. The zero-order valence-corrected chi connectivity index (χ0v) is 15.6. The van der Waals surface area contributed by atoms with E-state index >= 15 is 0 Å². The third kappa shape index (κ3) is 4.29. The minimum Gasteiger partial charge on any atom is -0.389 e. The number of nitrogens with one attached hydrogen (secondary N) is 2. The van der Waals surface area contributed by atoms with E-state index in [9.17, 15) is 14.7 Å². The fourth-order valence-electron chi connectivity index (χ4n) is 3.15. The minimum absolute atomic E-state index is 0.0895. The lowest BCUT2D eigenvalue weighted by molar-refractivity contribution is -0.127. The maximum atomic E-state index is 12.5. The van der Waals surface area contributed by atoms with E-state index in [1.165, 1.54) is 4.90 Å². The van der Waals surface area contributed by atoms with Crippen LogP contribution in [0.4, 0.5) is 4.79 Å². The Morgan fingerprint density at radius 3 is 3.04 bits per heavy atom. The normalized spacial score (nSPS) is 24.0. The van der Waals surface area contributed by atoms with Gasteiger partial charge in [0, 0.05) is 26.0 Å². The van der Waals surface area contributed by atoms with Crippen LogP contribution in [0, 0.1) is 0 Å². The molecule has 10 nitrogen and oxygen atoms in total. The second-order valence-corrected chi connectivity index (χ2v) is 6.57. The molecule has 3 amide bonds. The molecular formula is C18H24N6O4. The highest BCUT2D eigenvalue weighted by molar-refractivity contribution is 6.04. The second kappa shape index (κ2) is 8.81. The molecule has 1 aromatic heterocycles. The van der Waals surface area contributed by atoms with Gasteiger partial charge in [-0.2, -0.15) is 0 Å². The van der Waals surface area contributed by atoms with E-state index in [-0.39, 0.29) is 13.2 Å². The molecule has 28 heavy (non-hydrogen) atoms. The van der Waals surface area contributed by atoms with Crippen molar-refractivity contribution in [2.24, 2.45) is 4.99 Å². The topological polar surface area (TPSA) is 119 Å². The molecule has 0 bridgehead atoms. The smallest absolute Gasteiger partial charge is 0.325 e. The Kier molecular flexibility index (Phi) is 6.22. The fraction of sp³-hybridized carbons (Fsp3) is 0.444. The number of imide groups is 1. The van der Waals surface area contributed by atoms with E-state index in [0.29, 0.717) is 19.1 Å². The highest BCUT2D eigenvalue weighted by Gasteiger charge is 2.50. The highest BCUT2D eigenvalue weighted by Crippen LogP contribution is 2.21. The number of nitrogens with zero attached hydrogens (tertiary/aromatic N) is 4. The van der Waals surface area contributed by atoms with Gasteiger partial charge in [-0.1, -0.05) is 12.1 Å². The average Bonchev–Trinajstić information content (AvgIpc) is 3.04. The minimum atomic E-state index is -0.847. The summed E-state index contributed by atoms with van der Waals surface area (Å²) in [6.45, 7) is 4.43. The first kappa shape index (κ1) is 19.8. The van der Waals surface area contributed by atoms with Gasteiger partial charge in [-0.05, 0) is 11.6 Å². The molecule has 2 aliphatic heterocycles. The van der Waals surface area contributed by atoms with Crippen LogP contribution in [-0.2, 0) is 16.1 Å². The van der Waals surface area contributed by atoms with Gasteiger partial charge in [0.1, 0.15) is 6.17 Å². The number of carbonyl (C=O) groups is 2. The number of pyridine rings is 1. The van der Waals surface area contributed by atoms with Gasteiger partial charge in [-0.3, -0.25) is 15.1 Å². The van der Waals surface area contributed by atoms with Crippen molar-refractivity contribution in [1.82, 2.24) is 25.4 Å². The number of β-amino-alcohol motifs (C(OH)–C–C–N with tert-alkyl or cyclic N) is 1. The summed E-state index contributed by atoms with van der Waals surface area (Å²) in [5, 5.41) is 15.8. The Bertz CT molecular complexity index is 756. The highest BCUT2D eigenvalue weighted by atomic mass is 16.5. The fourth-order valence-corrected chi connectivity index (χ4v) is 3.15. The number of urea groups is 1. The van der Waals surface area contributed by atoms with E-state index in [0.717, 1.165) is 5.56 Å². The number of aliphatic hydroxyl groups excluding tert-OH is 1. The Labute approximate surface area is 162 Å². The van der Waals surface area contributed by atoms with Crippen molar-refractivity contribution in [3.05, 3.63) is 42.7 Å². The van der Waals surface area contributed by atoms with Crippen molar-refractivity contribution in [3.63, 3.8) is 0 Å². The van der Waals surface area contributed by atoms with E-state index in [2.05, 4.69) is 27.2 Å². The molecule has 0 aliphatic carbocycles. The average molecular weight is 388 g/mol. The zero-order valence-electron chi connectivity index (χ0n) is 15.6. The lowest BCUT2D eigenvalue weighted by Gasteiger charge is -2.35. The summed E-state index contributed by atoms with van der Waals surface area (Å²) >= 11 is 0. The number of aliphatic imine (C=N–C) groups is 1. The molecule has 3 rings (SSSR count). The number of carbonyl (C=O) groups excluding carboxylic acids is 2. The molecule has 10 heteroatoms. The molecule has 2 saturated heterocycles. The van der Waals surface area contributed by atoms with Crippen LogP contribution in [0.2, 0.25) is 0 Å². The molecule has 1 aromatic rings. The monoisotopic (exact) mass is 388 g/mol. The Morgan fingerprint density at radius 1 is 1.50 bits per heavy atom. The quantitative estimate of drug-likeness (QED) is 0.397. The summed E-state index contributed by atoms with van der Waals surface area (Å²) in [7, 11) is 1.60. The first-order valence-electron chi connectivity index (χ1n) is 8.92. The van der Waals surface area contributed by atoms with Crippen molar-refractivity contribution in [2.75, 3.05) is 26.8 Å². The van der Waals surface area contributed by atoms with Crippen LogP contribution in [0.3, 0.4) is 0 Å². The summed E-state index contributed by atoms with van der Waals surface area (Å²) in [5.41, 5.74) is 0.898. The van der Waals surface area contributed by atoms with Gasteiger partial charge in [0.05, 0.1) is 25.9 Å². The summed E-state index contributed by atoms with van der Waals surface area (Å²) in [6, 6.07) is 2.52. The standard InChI is InChI=1S/C18H24N6O4/c1-3-7-28-11-13(25)10-24-14-15(23(2)18(27)22-16(14)26)21-17(24)20-9-12-5-4-6-19-8-12/h3-6,8,13-15,25H,1,7,9-11H2,2H3,(H,20,21)(H,22,26,27). The van der Waals surface area contributed by atoms with Gasteiger partial charge in [0.2, 0.25) is 0 Å². The Hall–Kier alpha value is -2.98. The summed E-state index contributed by atoms with van der Waals surface area (Å²) < 4.78 is 5.29. The zero-order chi connectivity index (χ0) is 20.1. The third-order valence-electron chi connectivity index (χ3n) is 4.51. The molecule has 2 fully saturated rings. The number of guanidine groups is 1. The van der Waals surface area contributed by atoms with Crippen LogP contribution in [-0.4, -0.2) is 82.9 Å². The van der Waals surface area contributed by atoms with E-state index < -0.39 is 30.2 Å². The lowest BCUT2D eigenvalue weighted by Crippen LogP contribution is -2.65. The van der Waals surface area contributed by atoms with Crippen molar-refractivity contribution in [1.29, 1.82) is 0 Å². The summed E-state index contributed by atoms with van der Waals surface area (Å²) in [4.78, 5) is 36.1. The van der Waals surface area contributed by atoms with Crippen molar-refractivity contribution in [2.45, 2.75) is 24.9 Å². The first-order valence-corrected chi connectivity index (χ1v) is 8.92. The van der Waals surface area contributed by atoms with Crippen LogP contribution in [0.5, 0.6) is 0 Å². The molecule has 0 saturated carbocycles. The molecular weight excluding hydrogens is 364 g/mol. The van der Waals surface area contributed by atoms with Gasteiger partial charge in [0.25, 0.3) is 5.91 Å². The second-order valence-electron chi connectivity index (χ2n) is 6.57. The molecule has 0 aromatic carbocycles. The number of fused-ring (bicyclic) bond motifs is 1. The van der Waals surface area contributed by atoms with Gasteiger partial charge in [0.15, 0.2) is 12.0 Å². The number of hydrogen-bond donors (Lipinski definition) is 3. The van der Waals surface area contributed by atoms with Crippen LogP contribution in [0.1, 0.15) is 5.56 Å². The van der Waals surface area contributed by atoms with Crippen LogP contribution in [0.25, 0.3) is 0 Å². The number of ether oxygens (including phenoxy) is 1. The first-order chi connectivity index (χ1) is 13.5. The van der Waals surface area contributed by atoms with Gasteiger partial charge >= 0.3 is 6.03 Å². The van der Waals surface area contributed by atoms with Gasteiger partial charge in [-0.25, -0.2) is 9.79 Å².